The Hall–Kier alpha value is -1.09. The summed E-state index contributed by atoms with van der Waals surface area (Å²) < 4.78 is 5.43. The van der Waals surface area contributed by atoms with E-state index in [-0.39, 0.29) is 12.1 Å². The van der Waals surface area contributed by atoms with Crippen molar-refractivity contribution >= 4 is 5.97 Å². The fraction of sp³-hybridized carbons (Fsp3) is 0.828. The van der Waals surface area contributed by atoms with Crippen LogP contribution in [0.2, 0.25) is 0 Å². The van der Waals surface area contributed by atoms with E-state index in [9.17, 15) is 9.90 Å². The van der Waals surface area contributed by atoms with E-state index >= 15 is 0 Å². The summed E-state index contributed by atoms with van der Waals surface area (Å²) in [5.74, 6) is 3.71. The van der Waals surface area contributed by atoms with Gasteiger partial charge in [0.05, 0.1) is 18.6 Å². The highest BCUT2D eigenvalue weighted by molar-refractivity contribution is 5.82. The summed E-state index contributed by atoms with van der Waals surface area (Å²) in [6.07, 6.45) is 12.7. The Morgan fingerprint density at radius 1 is 1.19 bits per heavy atom. The summed E-state index contributed by atoms with van der Waals surface area (Å²) >= 11 is 0. The second-order valence-corrected chi connectivity index (χ2v) is 12.3. The number of carbonyl (C=O) groups excluding carboxylic acids is 1. The van der Waals surface area contributed by atoms with Gasteiger partial charge in [0.1, 0.15) is 0 Å². The maximum absolute atomic E-state index is 13.3. The van der Waals surface area contributed by atoms with Crippen LogP contribution in [0.3, 0.4) is 0 Å². The minimum Gasteiger partial charge on any atom is -0.468 e. The molecule has 0 heterocycles. The normalized spacial score (nSPS) is 41.8. The number of rotatable bonds is 6. The molecule has 1 N–H and O–H groups in total. The van der Waals surface area contributed by atoms with Crippen molar-refractivity contribution in [1.82, 2.24) is 0 Å². The van der Waals surface area contributed by atoms with Crippen LogP contribution in [0, 0.1) is 46.3 Å². The van der Waals surface area contributed by atoms with E-state index in [0.717, 1.165) is 43.9 Å². The molecule has 0 amide bonds. The minimum atomic E-state index is -0.475. The van der Waals surface area contributed by atoms with Gasteiger partial charge >= 0.3 is 5.97 Å². The first kappa shape index (κ1) is 24.0. The molecule has 3 saturated carbocycles. The summed E-state index contributed by atoms with van der Waals surface area (Å²) in [6.45, 7) is 13.9. The molecule has 0 radical (unpaired) electrons. The van der Waals surface area contributed by atoms with Gasteiger partial charge in [0, 0.05) is 0 Å². The Morgan fingerprint density at radius 2 is 1.94 bits per heavy atom. The highest BCUT2D eigenvalue weighted by Crippen LogP contribution is 2.67. The molecular weight excluding hydrogens is 396 g/mol. The van der Waals surface area contributed by atoms with Crippen LogP contribution in [-0.4, -0.2) is 24.3 Å². The van der Waals surface area contributed by atoms with Gasteiger partial charge in [0.15, 0.2) is 0 Å². The van der Waals surface area contributed by atoms with Gasteiger partial charge in [-0.2, -0.15) is 0 Å². The van der Waals surface area contributed by atoms with Crippen LogP contribution < -0.4 is 0 Å². The first-order valence-corrected chi connectivity index (χ1v) is 13.3. The zero-order chi connectivity index (χ0) is 23.3. The molecule has 0 aromatic carbocycles. The van der Waals surface area contributed by atoms with Gasteiger partial charge in [-0.25, -0.2) is 0 Å². The van der Waals surface area contributed by atoms with Gasteiger partial charge in [0.25, 0.3) is 0 Å². The number of esters is 1. The number of methoxy groups -OCH3 is 1. The van der Waals surface area contributed by atoms with Crippen molar-refractivity contribution in [1.29, 1.82) is 0 Å². The molecule has 3 heteroatoms. The van der Waals surface area contributed by atoms with E-state index in [2.05, 4.69) is 40.3 Å². The number of allylic oxidation sites excluding steroid dienone is 2. The lowest BCUT2D eigenvalue weighted by molar-refractivity contribution is -0.163. The lowest BCUT2D eigenvalue weighted by Gasteiger charge is -2.58. The van der Waals surface area contributed by atoms with Crippen molar-refractivity contribution in [3.8, 4) is 0 Å². The molecule has 0 aromatic heterocycles. The maximum atomic E-state index is 13.3. The lowest BCUT2D eigenvalue weighted by atomic mass is 9.46. The van der Waals surface area contributed by atoms with Gasteiger partial charge < -0.3 is 9.84 Å². The highest BCUT2D eigenvalue weighted by atomic mass is 16.5. The van der Waals surface area contributed by atoms with Gasteiger partial charge in [-0.05, 0) is 105 Å². The molecule has 0 aliphatic heterocycles. The van der Waals surface area contributed by atoms with Crippen molar-refractivity contribution in [2.24, 2.45) is 46.3 Å². The molecule has 4 aliphatic carbocycles. The molecule has 0 aromatic rings. The van der Waals surface area contributed by atoms with Gasteiger partial charge in [-0.15, -0.1) is 0 Å². The Labute approximate surface area is 196 Å². The summed E-state index contributed by atoms with van der Waals surface area (Å²) in [5.41, 5.74) is 2.49. The van der Waals surface area contributed by atoms with Crippen molar-refractivity contribution in [2.45, 2.75) is 98.0 Å². The third-order valence-electron chi connectivity index (χ3n) is 10.7. The van der Waals surface area contributed by atoms with Crippen LogP contribution in [0.4, 0.5) is 0 Å². The zero-order valence-electron chi connectivity index (χ0n) is 21.2. The largest absolute Gasteiger partial charge is 0.468 e. The fourth-order valence-corrected chi connectivity index (χ4v) is 8.73. The van der Waals surface area contributed by atoms with E-state index in [1.165, 1.54) is 36.8 Å². The van der Waals surface area contributed by atoms with Crippen LogP contribution in [-0.2, 0) is 9.53 Å². The molecule has 0 saturated heterocycles. The standard InChI is InChI=1S/C29H46O3/c1-18(2)19(3)7-8-20(4)24-11-12-25-23-10-9-21-17-22(30)13-16-29(21,27(31)32-6)26(23)14-15-28(24,25)5/h9,18,20,22-26,30H,3,7-8,10-17H2,1-2,4-6H3/t20-,22+,23+,24-,25+,26+,28-,29-/m1/s1. The monoisotopic (exact) mass is 442 g/mol. The first-order valence-electron chi connectivity index (χ1n) is 13.3. The van der Waals surface area contributed by atoms with Gasteiger partial charge in [-0.1, -0.05) is 51.5 Å². The SMILES string of the molecule is C=C(CC[C@@H](C)[C@H]1CC[C@H]2[C@@H]3CC=C4C[C@@H](O)CC[C@]4(C(=O)OC)[C@H]3CC[C@]12C)C(C)C. The van der Waals surface area contributed by atoms with Crippen LogP contribution in [0.25, 0.3) is 0 Å². The quantitative estimate of drug-likeness (QED) is 0.367. The predicted octanol–water partition coefficient (Wildman–Crippen LogP) is 6.71. The Morgan fingerprint density at radius 3 is 2.62 bits per heavy atom. The van der Waals surface area contributed by atoms with Crippen molar-refractivity contribution < 1.29 is 14.6 Å². The minimum absolute atomic E-state index is 0.0379. The third kappa shape index (κ3) is 3.71. The second kappa shape index (κ2) is 8.93. The summed E-state index contributed by atoms with van der Waals surface area (Å²) in [5, 5.41) is 10.3. The molecule has 0 spiro atoms. The first-order chi connectivity index (χ1) is 15.1. The average Bonchev–Trinajstić information content (AvgIpc) is 3.13. The lowest BCUT2D eigenvalue weighted by Crippen LogP contribution is -2.55. The van der Waals surface area contributed by atoms with Crippen LogP contribution in [0.5, 0.6) is 0 Å². The molecular formula is C29H46O3. The number of fused-ring (bicyclic) bond motifs is 5. The molecule has 180 valence electrons. The molecule has 0 bridgehead atoms. The molecule has 8 atom stereocenters. The van der Waals surface area contributed by atoms with Crippen LogP contribution in [0.1, 0.15) is 91.9 Å². The van der Waals surface area contributed by atoms with E-state index < -0.39 is 5.41 Å². The Kier molecular flexibility index (Phi) is 6.71. The predicted molar refractivity (Wildman–Crippen MR) is 130 cm³/mol. The second-order valence-electron chi connectivity index (χ2n) is 12.3. The van der Waals surface area contributed by atoms with Crippen molar-refractivity contribution in [3.63, 3.8) is 0 Å². The van der Waals surface area contributed by atoms with Crippen LogP contribution >= 0.6 is 0 Å². The number of hydrogen-bond acceptors (Lipinski definition) is 3. The van der Waals surface area contributed by atoms with Crippen molar-refractivity contribution in [3.05, 3.63) is 23.8 Å². The number of aliphatic hydroxyl groups is 1. The van der Waals surface area contributed by atoms with Crippen LogP contribution in [0.15, 0.2) is 23.8 Å². The number of aliphatic hydroxyl groups excluding tert-OH is 1. The molecule has 4 rings (SSSR count). The molecule has 3 fully saturated rings. The van der Waals surface area contributed by atoms with E-state index in [1.54, 1.807) is 7.11 Å². The van der Waals surface area contributed by atoms with E-state index in [4.69, 9.17) is 4.74 Å². The summed E-state index contributed by atoms with van der Waals surface area (Å²) in [6, 6.07) is 0. The van der Waals surface area contributed by atoms with E-state index in [1.807, 2.05) is 0 Å². The molecule has 3 nitrogen and oxygen atoms in total. The van der Waals surface area contributed by atoms with Crippen molar-refractivity contribution in [2.75, 3.05) is 7.11 Å². The Balaban J connectivity index is 1.56. The van der Waals surface area contributed by atoms with E-state index in [0.29, 0.717) is 35.5 Å². The third-order valence-corrected chi connectivity index (χ3v) is 10.7. The zero-order valence-corrected chi connectivity index (χ0v) is 21.2. The molecule has 32 heavy (non-hydrogen) atoms. The number of hydrogen-bond donors (Lipinski definition) is 1. The maximum Gasteiger partial charge on any atom is 0.316 e. The summed E-state index contributed by atoms with van der Waals surface area (Å²) in [7, 11) is 1.55. The molecule has 0 unspecified atom stereocenters. The average molecular weight is 443 g/mol. The smallest absolute Gasteiger partial charge is 0.316 e. The number of ether oxygens (including phenoxy) is 1. The topological polar surface area (TPSA) is 46.5 Å². The Bertz CT molecular complexity index is 766. The van der Waals surface area contributed by atoms with Gasteiger partial charge in [0.2, 0.25) is 0 Å². The highest BCUT2D eigenvalue weighted by Gasteiger charge is 2.62. The molecule has 4 aliphatic rings. The number of carbonyl (C=O) groups is 1. The van der Waals surface area contributed by atoms with Gasteiger partial charge in [-0.3, -0.25) is 4.79 Å². The summed E-state index contributed by atoms with van der Waals surface area (Å²) in [4.78, 5) is 13.3. The fourth-order valence-electron chi connectivity index (χ4n) is 8.73.